The van der Waals surface area contributed by atoms with Crippen LogP contribution in [0.25, 0.3) is 11.0 Å². The van der Waals surface area contributed by atoms with Crippen LogP contribution in [0.2, 0.25) is 0 Å². The average molecular weight is 286 g/mol. The van der Waals surface area contributed by atoms with Crippen molar-refractivity contribution in [2.45, 2.75) is 6.92 Å². The van der Waals surface area contributed by atoms with Crippen molar-refractivity contribution in [3.8, 4) is 0 Å². The van der Waals surface area contributed by atoms with Crippen LogP contribution in [0.5, 0.6) is 0 Å². The number of hydrogen-bond acceptors (Lipinski definition) is 5. The molecule has 0 amide bonds. The van der Waals surface area contributed by atoms with Crippen LogP contribution in [0.3, 0.4) is 0 Å². The first-order valence-corrected chi connectivity index (χ1v) is 6.65. The van der Waals surface area contributed by atoms with Gasteiger partial charge in [-0.1, -0.05) is 6.07 Å². The van der Waals surface area contributed by atoms with Gasteiger partial charge in [0.25, 0.3) is 0 Å². The molecule has 7 heteroatoms. The van der Waals surface area contributed by atoms with E-state index in [1.165, 1.54) is 12.1 Å². The number of anilines is 3. The highest BCUT2D eigenvalue weighted by Gasteiger charge is 2.16. The van der Waals surface area contributed by atoms with Crippen molar-refractivity contribution in [2.24, 2.45) is 0 Å². The Balaban J connectivity index is 2.18. The third kappa shape index (κ3) is 2.37. The molecule has 0 spiro atoms. The Kier molecular flexibility index (Phi) is 3.39. The highest BCUT2D eigenvalue weighted by Crippen LogP contribution is 2.30. The summed E-state index contributed by atoms with van der Waals surface area (Å²) in [5.41, 5.74) is 1.37. The number of nitrogens with one attached hydrogen (secondary N) is 2. The van der Waals surface area contributed by atoms with Gasteiger partial charge in [-0.25, -0.2) is 4.39 Å². The van der Waals surface area contributed by atoms with E-state index in [4.69, 9.17) is 0 Å². The van der Waals surface area contributed by atoms with Crippen LogP contribution < -0.4 is 10.2 Å². The van der Waals surface area contributed by atoms with Gasteiger partial charge in [-0.3, -0.25) is 5.10 Å². The number of aromatic nitrogens is 4. The lowest BCUT2D eigenvalue weighted by Crippen LogP contribution is -2.18. The van der Waals surface area contributed by atoms with Gasteiger partial charge in [0, 0.05) is 19.3 Å². The van der Waals surface area contributed by atoms with Gasteiger partial charge in [-0.05, 0) is 25.1 Å². The van der Waals surface area contributed by atoms with E-state index in [1.807, 2.05) is 17.9 Å². The Morgan fingerprint density at radius 2 is 2.19 bits per heavy atom. The van der Waals surface area contributed by atoms with Crippen LogP contribution in [0.4, 0.5) is 21.8 Å². The third-order valence-corrected chi connectivity index (χ3v) is 3.21. The number of rotatable bonds is 4. The summed E-state index contributed by atoms with van der Waals surface area (Å²) < 4.78 is 13.5. The summed E-state index contributed by atoms with van der Waals surface area (Å²) in [4.78, 5) is 10.7. The number of benzene rings is 1. The number of nitrogens with zero attached hydrogens (tertiary/aromatic N) is 4. The van der Waals surface area contributed by atoms with Crippen LogP contribution >= 0.6 is 0 Å². The Bertz CT molecular complexity index is 769. The van der Waals surface area contributed by atoms with Crippen molar-refractivity contribution < 1.29 is 4.39 Å². The molecular formula is C14H15FN6. The SMILES string of the molecule is CCN(c1cccc(F)c1)c1nc(NC)nc2[nH]ncc12. The smallest absolute Gasteiger partial charge is 0.226 e. The first-order chi connectivity index (χ1) is 10.2. The summed E-state index contributed by atoms with van der Waals surface area (Å²) in [7, 11) is 1.75. The fraction of sp³-hybridized carbons (Fsp3) is 0.214. The zero-order valence-corrected chi connectivity index (χ0v) is 11.8. The molecule has 0 fully saturated rings. The van der Waals surface area contributed by atoms with E-state index in [0.717, 1.165) is 11.1 Å². The largest absolute Gasteiger partial charge is 0.357 e. The second-order valence-electron chi connectivity index (χ2n) is 4.48. The van der Waals surface area contributed by atoms with E-state index in [1.54, 1.807) is 19.3 Å². The van der Waals surface area contributed by atoms with Gasteiger partial charge in [-0.2, -0.15) is 15.1 Å². The number of aromatic amines is 1. The standard InChI is InChI=1S/C14H15FN6/c1-3-21(10-6-4-5-9(15)7-10)13-11-8-17-20-12(11)18-14(16-2)19-13/h4-8H,3H2,1-2H3,(H2,16,17,18,19,20). The highest BCUT2D eigenvalue weighted by atomic mass is 19.1. The monoisotopic (exact) mass is 286 g/mol. The molecule has 0 bridgehead atoms. The Morgan fingerprint density at radius 1 is 1.33 bits per heavy atom. The molecule has 3 rings (SSSR count). The van der Waals surface area contributed by atoms with Crippen LogP contribution in [-0.4, -0.2) is 33.8 Å². The van der Waals surface area contributed by atoms with E-state index in [0.29, 0.717) is 24.0 Å². The Hall–Kier alpha value is -2.70. The van der Waals surface area contributed by atoms with E-state index in [2.05, 4.69) is 25.5 Å². The van der Waals surface area contributed by atoms with Gasteiger partial charge in [-0.15, -0.1) is 0 Å². The fourth-order valence-corrected chi connectivity index (χ4v) is 2.24. The topological polar surface area (TPSA) is 69.7 Å². The van der Waals surface area contributed by atoms with Crippen molar-refractivity contribution in [1.82, 2.24) is 20.2 Å². The molecule has 0 saturated heterocycles. The van der Waals surface area contributed by atoms with Gasteiger partial charge in [0.1, 0.15) is 11.6 Å². The minimum atomic E-state index is -0.280. The second-order valence-corrected chi connectivity index (χ2v) is 4.48. The van der Waals surface area contributed by atoms with Crippen molar-refractivity contribution in [3.63, 3.8) is 0 Å². The maximum absolute atomic E-state index is 13.5. The predicted octanol–water partition coefficient (Wildman–Crippen LogP) is 2.69. The Labute approximate surface area is 121 Å². The van der Waals surface area contributed by atoms with Gasteiger partial charge >= 0.3 is 0 Å². The van der Waals surface area contributed by atoms with Crippen molar-refractivity contribution in [3.05, 3.63) is 36.3 Å². The molecule has 0 aliphatic carbocycles. The van der Waals surface area contributed by atoms with E-state index < -0.39 is 0 Å². The van der Waals surface area contributed by atoms with Crippen molar-refractivity contribution in [2.75, 3.05) is 23.8 Å². The summed E-state index contributed by atoms with van der Waals surface area (Å²) in [5.74, 6) is 0.889. The molecule has 2 aromatic heterocycles. The maximum atomic E-state index is 13.5. The van der Waals surface area contributed by atoms with Gasteiger partial charge in [0.2, 0.25) is 5.95 Å². The average Bonchev–Trinajstić information content (AvgIpc) is 2.96. The van der Waals surface area contributed by atoms with Crippen LogP contribution in [-0.2, 0) is 0 Å². The first-order valence-electron chi connectivity index (χ1n) is 6.65. The van der Waals surface area contributed by atoms with Crippen LogP contribution in [0.1, 0.15) is 6.92 Å². The number of hydrogen-bond donors (Lipinski definition) is 2. The fourth-order valence-electron chi connectivity index (χ4n) is 2.24. The number of H-pyrrole nitrogens is 1. The molecule has 0 saturated carbocycles. The molecule has 21 heavy (non-hydrogen) atoms. The molecule has 0 atom stereocenters. The molecule has 2 heterocycles. The summed E-state index contributed by atoms with van der Waals surface area (Å²) >= 11 is 0. The molecule has 108 valence electrons. The Morgan fingerprint density at radius 3 is 2.90 bits per heavy atom. The number of halogens is 1. The lowest BCUT2D eigenvalue weighted by Gasteiger charge is -2.23. The van der Waals surface area contributed by atoms with Crippen molar-refractivity contribution in [1.29, 1.82) is 0 Å². The lowest BCUT2D eigenvalue weighted by atomic mass is 10.2. The molecule has 6 nitrogen and oxygen atoms in total. The lowest BCUT2D eigenvalue weighted by molar-refractivity contribution is 0.627. The van der Waals surface area contributed by atoms with E-state index in [-0.39, 0.29) is 5.82 Å². The summed E-state index contributed by atoms with van der Waals surface area (Å²) in [6, 6.07) is 6.43. The van der Waals surface area contributed by atoms with Gasteiger partial charge in [0.05, 0.1) is 11.6 Å². The van der Waals surface area contributed by atoms with E-state index in [9.17, 15) is 4.39 Å². The molecule has 0 radical (unpaired) electrons. The molecule has 0 aliphatic rings. The maximum Gasteiger partial charge on any atom is 0.226 e. The van der Waals surface area contributed by atoms with Crippen LogP contribution in [0, 0.1) is 5.82 Å². The zero-order chi connectivity index (χ0) is 14.8. The molecular weight excluding hydrogens is 271 g/mol. The van der Waals surface area contributed by atoms with Gasteiger partial charge < -0.3 is 10.2 Å². The molecule has 0 unspecified atom stereocenters. The first kappa shape index (κ1) is 13.3. The summed E-state index contributed by atoms with van der Waals surface area (Å²) in [5, 5.41) is 10.6. The minimum absolute atomic E-state index is 0.280. The second kappa shape index (κ2) is 5.35. The van der Waals surface area contributed by atoms with Crippen LogP contribution in [0.15, 0.2) is 30.5 Å². The molecule has 0 aliphatic heterocycles. The predicted molar refractivity (Wildman–Crippen MR) is 80.3 cm³/mol. The summed E-state index contributed by atoms with van der Waals surface area (Å²) in [6.07, 6.45) is 1.67. The minimum Gasteiger partial charge on any atom is -0.357 e. The molecule has 3 aromatic rings. The third-order valence-electron chi connectivity index (χ3n) is 3.21. The zero-order valence-electron chi connectivity index (χ0n) is 11.8. The van der Waals surface area contributed by atoms with E-state index >= 15 is 0 Å². The quantitative estimate of drug-likeness (QED) is 0.771. The van der Waals surface area contributed by atoms with Gasteiger partial charge in [0.15, 0.2) is 5.65 Å². The highest BCUT2D eigenvalue weighted by molar-refractivity contribution is 5.89. The van der Waals surface area contributed by atoms with Crippen molar-refractivity contribution >= 4 is 28.5 Å². The summed E-state index contributed by atoms with van der Waals surface area (Å²) in [6.45, 7) is 2.63. The number of fused-ring (bicyclic) bond motifs is 1. The normalized spacial score (nSPS) is 10.8. The molecule has 1 aromatic carbocycles. The molecule has 2 N–H and O–H groups in total.